The summed E-state index contributed by atoms with van der Waals surface area (Å²) >= 11 is 0. The van der Waals surface area contributed by atoms with Crippen LogP contribution in [0.15, 0.2) is 0 Å². The Kier molecular flexibility index (Phi) is 3.73. The Morgan fingerprint density at radius 3 is 2.50 bits per heavy atom. The van der Waals surface area contributed by atoms with Gasteiger partial charge in [-0.25, -0.2) is 4.79 Å². The zero-order valence-electron chi connectivity index (χ0n) is 11.2. The van der Waals surface area contributed by atoms with Crippen LogP contribution in [-0.2, 0) is 0 Å². The molecule has 2 N–H and O–H groups in total. The van der Waals surface area contributed by atoms with Crippen molar-refractivity contribution >= 4 is 6.03 Å². The first-order valence-corrected chi connectivity index (χ1v) is 7.64. The van der Waals surface area contributed by atoms with Crippen LogP contribution in [0.2, 0.25) is 0 Å². The summed E-state index contributed by atoms with van der Waals surface area (Å²) in [6.07, 6.45) is 9.90. The highest BCUT2D eigenvalue weighted by atomic mass is 16.2. The number of carbonyl (C=O) groups is 1. The average Bonchev–Trinajstić information content (AvgIpc) is 3.00. The number of nitrogens with one attached hydrogen (secondary N) is 2. The summed E-state index contributed by atoms with van der Waals surface area (Å²) in [5, 5.41) is 6.35. The van der Waals surface area contributed by atoms with Gasteiger partial charge in [-0.2, -0.15) is 0 Å². The lowest BCUT2D eigenvalue weighted by Crippen LogP contribution is -2.51. The third-order valence-electron chi connectivity index (χ3n) is 4.86. The van der Waals surface area contributed by atoms with Gasteiger partial charge in [-0.05, 0) is 38.6 Å². The van der Waals surface area contributed by atoms with E-state index in [0.717, 1.165) is 19.3 Å². The first-order chi connectivity index (χ1) is 8.83. The number of piperidine rings is 1. The second kappa shape index (κ2) is 5.47. The molecule has 2 amide bonds. The van der Waals surface area contributed by atoms with Gasteiger partial charge in [0.05, 0.1) is 0 Å². The maximum atomic E-state index is 12.0. The largest absolute Gasteiger partial charge is 0.335 e. The number of nitrogens with zero attached hydrogens (tertiary/aromatic N) is 1. The predicted molar refractivity (Wildman–Crippen MR) is 71.5 cm³/mol. The van der Waals surface area contributed by atoms with Crippen LogP contribution in [0, 0.1) is 0 Å². The van der Waals surface area contributed by atoms with E-state index in [-0.39, 0.29) is 6.03 Å². The zero-order valence-corrected chi connectivity index (χ0v) is 11.2. The lowest BCUT2D eigenvalue weighted by molar-refractivity contribution is 0.178. The molecule has 2 saturated heterocycles. The van der Waals surface area contributed by atoms with Gasteiger partial charge in [-0.3, -0.25) is 4.90 Å². The summed E-state index contributed by atoms with van der Waals surface area (Å²) in [6, 6.07) is 1.48. The Hall–Kier alpha value is -0.770. The standard InChI is InChI=1S/C14H25N3O/c18-14(15-11-5-1-2-6-11)16-12-8-10-17-9-4-3-7-13(12)17/h11-13H,1-10H2,(H2,15,16,18). The molecule has 1 aliphatic carbocycles. The molecule has 2 atom stereocenters. The SMILES string of the molecule is O=C(NC1CCCC1)NC1CCN2CCCCC12. The second-order valence-electron chi connectivity index (χ2n) is 6.09. The van der Waals surface area contributed by atoms with Gasteiger partial charge >= 0.3 is 6.03 Å². The Morgan fingerprint density at radius 1 is 0.889 bits per heavy atom. The minimum atomic E-state index is 0.0688. The van der Waals surface area contributed by atoms with E-state index in [1.165, 1.54) is 45.2 Å². The lowest BCUT2D eigenvalue weighted by Gasteiger charge is -2.32. The van der Waals surface area contributed by atoms with Crippen molar-refractivity contribution in [1.82, 2.24) is 15.5 Å². The summed E-state index contributed by atoms with van der Waals surface area (Å²) in [5.74, 6) is 0. The minimum Gasteiger partial charge on any atom is -0.335 e. The van der Waals surface area contributed by atoms with Crippen molar-refractivity contribution < 1.29 is 4.79 Å². The fourth-order valence-electron chi connectivity index (χ4n) is 3.88. The minimum absolute atomic E-state index is 0.0688. The molecule has 3 aliphatic rings. The van der Waals surface area contributed by atoms with Crippen LogP contribution in [0.1, 0.15) is 51.4 Å². The van der Waals surface area contributed by atoms with E-state index in [1.54, 1.807) is 0 Å². The smallest absolute Gasteiger partial charge is 0.315 e. The second-order valence-corrected chi connectivity index (χ2v) is 6.09. The molecule has 3 fully saturated rings. The summed E-state index contributed by atoms with van der Waals surface area (Å²) in [4.78, 5) is 14.5. The molecule has 4 nitrogen and oxygen atoms in total. The number of amides is 2. The maximum absolute atomic E-state index is 12.0. The molecule has 1 saturated carbocycles. The Bertz CT molecular complexity index is 301. The molecule has 0 aromatic rings. The quantitative estimate of drug-likeness (QED) is 0.787. The van der Waals surface area contributed by atoms with Gasteiger partial charge in [0.25, 0.3) is 0 Å². The average molecular weight is 251 g/mol. The van der Waals surface area contributed by atoms with Crippen molar-refractivity contribution in [2.45, 2.75) is 69.5 Å². The number of hydrogen-bond acceptors (Lipinski definition) is 2. The van der Waals surface area contributed by atoms with E-state index in [2.05, 4.69) is 15.5 Å². The van der Waals surface area contributed by atoms with Crippen molar-refractivity contribution in [2.24, 2.45) is 0 Å². The van der Waals surface area contributed by atoms with Crippen molar-refractivity contribution in [1.29, 1.82) is 0 Å². The first-order valence-electron chi connectivity index (χ1n) is 7.64. The predicted octanol–water partition coefficient (Wildman–Crippen LogP) is 1.85. The third kappa shape index (κ3) is 2.63. The molecule has 0 aromatic heterocycles. The number of rotatable bonds is 2. The van der Waals surface area contributed by atoms with Crippen LogP contribution in [0.4, 0.5) is 4.79 Å². The van der Waals surface area contributed by atoms with E-state index < -0.39 is 0 Å². The van der Waals surface area contributed by atoms with Crippen molar-refractivity contribution in [3.8, 4) is 0 Å². The van der Waals surface area contributed by atoms with Crippen LogP contribution in [0.5, 0.6) is 0 Å². The number of hydrogen-bond donors (Lipinski definition) is 2. The van der Waals surface area contributed by atoms with Crippen molar-refractivity contribution in [3.05, 3.63) is 0 Å². The van der Waals surface area contributed by atoms with Crippen LogP contribution >= 0.6 is 0 Å². The summed E-state index contributed by atoms with van der Waals surface area (Å²) in [7, 11) is 0. The van der Waals surface area contributed by atoms with E-state index in [9.17, 15) is 4.79 Å². The monoisotopic (exact) mass is 251 g/mol. The highest BCUT2D eigenvalue weighted by molar-refractivity contribution is 5.74. The summed E-state index contributed by atoms with van der Waals surface area (Å²) in [6.45, 7) is 2.39. The van der Waals surface area contributed by atoms with Gasteiger partial charge in [0.2, 0.25) is 0 Å². The normalized spacial score (nSPS) is 33.3. The maximum Gasteiger partial charge on any atom is 0.315 e. The number of urea groups is 1. The molecule has 0 aromatic carbocycles. The molecule has 2 heterocycles. The molecular weight excluding hydrogens is 226 g/mol. The van der Waals surface area contributed by atoms with Crippen LogP contribution in [-0.4, -0.2) is 42.1 Å². The van der Waals surface area contributed by atoms with Gasteiger partial charge in [0.15, 0.2) is 0 Å². The highest BCUT2D eigenvalue weighted by Gasteiger charge is 2.36. The molecule has 2 aliphatic heterocycles. The van der Waals surface area contributed by atoms with Gasteiger partial charge in [-0.15, -0.1) is 0 Å². The topological polar surface area (TPSA) is 44.4 Å². The van der Waals surface area contributed by atoms with Gasteiger partial charge in [0, 0.05) is 24.7 Å². The van der Waals surface area contributed by atoms with Gasteiger partial charge in [-0.1, -0.05) is 19.3 Å². The van der Waals surface area contributed by atoms with Gasteiger partial charge in [0.1, 0.15) is 0 Å². The summed E-state index contributed by atoms with van der Waals surface area (Å²) < 4.78 is 0. The molecule has 3 rings (SSSR count). The lowest BCUT2D eigenvalue weighted by atomic mass is 9.99. The van der Waals surface area contributed by atoms with E-state index in [1.807, 2.05) is 0 Å². The van der Waals surface area contributed by atoms with Crippen molar-refractivity contribution in [3.63, 3.8) is 0 Å². The fraction of sp³-hybridized carbons (Fsp3) is 0.929. The molecular formula is C14H25N3O. The number of fused-ring (bicyclic) bond motifs is 1. The highest BCUT2D eigenvalue weighted by Crippen LogP contribution is 2.27. The summed E-state index contributed by atoms with van der Waals surface area (Å²) in [5.41, 5.74) is 0. The Balaban J connectivity index is 1.48. The van der Waals surface area contributed by atoms with E-state index in [0.29, 0.717) is 18.1 Å². The molecule has 4 heteroatoms. The van der Waals surface area contributed by atoms with E-state index in [4.69, 9.17) is 0 Å². The third-order valence-corrected chi connectivity index (χ3v) is 4.86. The van der Waals surface area contributed by atoms with E-state index >= 15 is 0 Å². The molecule has 0 radical (unpaired) electrons. The molecule has 2 unspecified atom stereocenters. The molecule has 102 valence electrons. The number of carbonyl (C=O) groups excluding carboxylic acids is 1. The van der Waals surface area contributed by atoms with Crippen LogP contribution in [0.3, 0.4) is 0 Å². The first kappa shape index (κ1) is 12.3. The molecule has 0 bridgehead atoms. The van der Waals surface area contributed by atoms with Crippen LogP contribution < -0.4 is 10.6 Å². The Labute approximate surface area is 109 Å². The van der Waals surface area contributed by atoms with Crippen LogP contribution in [0.25, 0.3) is 0 Å². The Morgan fingerprint density at radius 2 is 1.67 bits per heavy atom. The molecule has 18 heavy (non-hydrogen) atoms. The fourth-order valence-corrected chi connectivity index (χ4v) is 3.88. The van der Waals surface area contributed by atoms with Gasteiger partial charge < -0.3 is 10.6 Å². The molecule has 0 spiro atoms. The zero-order chi connectivity index (χ0) is 12.4. The van der Waals surface area contributed by atoms with Crippen molar-refractivity contribution in [2.75, 3.05) is 13.1 Å².